The van der Waals surface area contributed by atoms with Crippen LogP contribution in [0.2, 0.25) is 0 Å². The molecule has 24 heteroatoms. The van der Waals surface area contributed by atoms with Gasteiger partial charge in [-0.1, -0.05) is 60.1 Å². The number of hydrogen-bond donors (Lipinski definition) is 13. The smallest absolute Gasteiger partial charge is 0.315 e. The molecule has 13 N–H and O–H groups in total. The monoisotopic (exact) mass is 1120 g/mol. The quantitative estimate of drug-likeness (QED) is 0.0518. The average molecular weight is 1120 g/mol. The van der Waals surface area contributed by atoms with Crippen LogP contribution in [0.4, 0.5) is 0 Å². The number of carbonyl (C=O) groups is 2. The van der Waals surface area contributed by atoms with Gasteiger partial charge in [-0.2, -0.15) is 0 Å². The molecule has 9 aliphatic rings. The maximum absolute atomic E-state index is 14.8. The molecule has 4 saturated heterocycles. The van der Waals surface area contributed by atoms with Crippen LogP contribution in [0.15, 0.2) is 11.6 Å². The van der Waals surface area contributed by atoms with E-state index in [2.05, 4.69) is 54.5 Å². The van der Waals surface area contributed by atoms with E-state index in [0.29, 0.717) is 44.9 Å². The van der Waals surface area contributed by atoms with Gasteiger partial charge >= 0.3 is 5.97 Å². The summed E-state index contributed by atoms with van der Waals surface area (Å²) in [5, 5.41) is 151. The molecule has 9 rings (SSSR count). The summed E-state index contributed by atoms with van der Waals surface area (Å²) >= 11 is 0. The minimum absolute atomic E-state index is 0.00807. The predicted molar refractivity (Wildman–Crippen MR) is 261 cm³/mol. The summed E-state index contributed by atoms with van der Waals surface area (Å²) in [6, 6.07) is 0. The van der Waals surface area contributed by atoms with Gasteiger partial charge < -0.3 is 114 Å². The number of esters is 1. The molecule has 78 heavy (non-hydrogen) atoms. The molecule has 4 saturated carbocycles. The lowest BCUT2D eigenvalue weighted by Gasteiger charge is -2.71. The SMILES string of the molecule is CC1(C)CC[C@]2(C(=O)O[C@@H]3O[C@H](CO)[C@@H](O)[C@H](O)[C@H]3O)CC[C@]3(C)C(=CC[C@@H]4[C@@]5(C)CC[C@H](O[C@@H]6O[C@H](C(=O)[O-])[C@@H](O[C@@H]7O[C@H](CO)[C@@H](O)[C@H](O)[C@H]7O)[C@H](O[C@@H]7O[C@H](CO)[C@H](O)[C@H](O)[C@H]7O)[C@H]6O)C(C)(C)[C@@H]5CC[C@]43C)[C@@H]2C1. The van der Waals surface area contributed by atoms with Crippen molar-refractivity contribution in [3.63, 3.8) is 0 Å². The van der Waals surface area contributed by atoms with Crippen LogP contribution >= 0.6 is 0 Å². The first-order valence-corrected chi connectivity index (χ1v) is 27.8. The van der Waals surface area contributed by atoms with Crippen molar-refractivity contribution in [2.75, 3.05) is 19.8 Å². The third kappa shape index (κ3) is 9.72. The topological polar surface area (TPSA) is 394 Å². The number of aliphatic hydroxyl groups is 13. The van der Waals surface area contributed by atoms with E-state index in [1.165, 1.54) is 5.57 Å². The van der Waals surface area contributed by atoms with Crippen LogP contribution in [-0.2, 0) is 47.5 Å². The minimum atomic E-state index is -2.21. The average Bonchev–Trinajstić information content (AvgIpc) is 3.47. The molecule has 0 bridgehead atoms. The number of aliphatic carboxylic acids is 1. The molecule has 0 aromatic carbocycles. The highest BCUT2D eigenvalue weighted by Gasteiger charge is 2.70. The number of rotatable bonds is 12. The Morgan fingerprint density at radius 1 is 0.564 bits per heavy atom. The Hall–Kier alpha value is -2.12. The fourth-order valence-corrected chi connectivity index (χ4v) is 16.5. The highest BCUT2D eigenvalue weighted by molar-refractivity contribution is 5.79. The largest absolute Gasteiger partial charge is 0.547 e. The molecule has 24 nitrogen and oxygen atoms in total. The molecule has 446 valence electrons. The molecule has 5 aliphatic carbocycles. The van der Waals surface area contributed by atoms with E-state index in [1.807, 2.05) is 0 Å². The molecular formula is C54H85O24-. The summed E-state index contributed by atoms with van der Waals surface area (Å²) < 4.78 is 47.4. The van der Waals surface area contributed by atoms with Crippen LogP contribution in [0.1, 0.15) is 113 Å². The first kappa shape index (κ1) is 60.5. The summed E-state index contributed by atoms with van der Waals surface area (Å²) in [6.07, 6.45) is -28.5. The van der Waals surface area contributed by atoms with Gasteiger partial charge in [-0.15, -0.1) is 0 Å². The van der Waals surface area contributed by atoms with Crippen LogP contribution in [-0.4, -0.2) is 227 Å². The van der Waals surface area contributed by atoms with E-state index in [0.717, 1.165) is 19.3 Å². The molecule has 0 amide bonds. The maximum Gasteiger partial charge on any atom is 0.315 e. The first-order valence-electron chi connectivity index (χ1n) is 27.8. The number of allylic oxidation sites excluding steroid dienone is 2. The lowest BCUT2D eigenvalue weighted by molar-refractivity contribution is -0.401. The van der Waals surface area contributed by atoms with Crippen molar-refractivity contribution in [2.24, 2.45) is 50.2 Å². The van der Waals surface area contributed by atoms with Crippen LogP contribution in [0.3, 0.4) is 0 Å². The molecular weight excluding hydrogens is 1030 g/mol. The van der Waals surface area contributed by atoms with E-state index >= 15 is 0 Å². The van der Waals surface area contributed by atoms with Crippen LogP contribution in [0, 0.1) is 50.2 Å². The Morgan fingerprint density at radius 2 is 1.06 bits per heavy atom. The standard InChI is InChI=1S/C54H86O24/c1-49(2)14-16-54(48(70)78-46-38(66)35(63)32(60)26(21-57)73-46)17-15-52(6)22(23(54)18-49)8-9-28-51(5)12-11-29(50(3,4)27(51)10-13-53(28,52)7)74-47-39(67)40(75-44-36(64)33(61)30(58)24(19-55)71-44)41(42(77-47)43(68)69)76-45-37(65)34(62)31(59)25(20-56)72-45/h8,23-42,44-47,55-67H,9-21H2,1-7H3,(H,68,69)/p-1/t23-,24+,25+,26+,27-,28+,29-,30-,31+,32+,33-,34-,35-,36+,37+,38+,39+,40+,41-,42-,44-,45-,46-,47+,51-,52+,53+,54-/m0/s1. The van der Waals surface area contributed by atoms with Crippen molar-refractivity contribution in [2.45, 2.75) is 242 Å². The fourth-order valence-electron chi connectivity index (χ4n) is 16.5. The summed E-state index contributed by atoms with van der Waals surface area (Å²) in [5.74, 6) is -2.55. The van der Waals surface area contributed by atoms with Crippen molar-refractivity contribution in [1.29, 1.82) is 0 Å². The van der Waals surface area contributed by atoms with E-state index in [1.54, 1.807) is 0 Å². The zero-order chi connectivity index (χ0) is 57.1. The van der Waals surface area contributed by atoms with Crippen molar-refractivity contribution < 1.29 is 119 Å². The van der Waals surface area contributed by atoms with Gasteiger partial charge in [0.15, 0.2) is 18.9 Å². The zero-order valence-electron chi connectivity index (χ0n) is 45.4. The highest BCUT2D eigenvalue weighted by atomic mass is 16.8. The summed E-state index contributed by atoms with van der Waals surface area (Å²) in [4.78, 5) is 27.9. The molecule has 28 atom stereocenters. The van der Waals surface area contributed by atoms with Gasteiger partial charge in [0.1, 0.15) is 97.7 Å². The minimum Gasteiger partial charge on any atom is -0.547 e. The van der Waals surface area contributed by atoms with E-state index in [9.17, 15) is 81.1 Å². The highest BCUT2D eigenvalue weighted by Crippen LogP contribution is 2.76. The fraction of sp³-hybridized carbons (Fsp3) is 0.926. The van der Waals surface area contributed by atoms with Gasteiger partial charge in [-0.3, -0.25) is 4.79 Å². The Morgan fingerprint density at radius 3 is 1.60 bits per heavy atom. The van der Waals surface area contributed by atoms with Gasteiger partial charge in [-0.25, -0.2) is 0 Å². The normalized spacial score (nSPS) is 52.8. The van der Waals surface area contributed by atoms with E-state index in [4.69, 9.17) is 37.9 Å². The second-order valence-electron chi connectivity index (χ2n) is 26.3. The third-order valence-electron chi connectivity index (χ3n) is 21.4. The second-order valence-corrected chi connectivity index (χ2v) is 26.3. The molecule has 0 unspecified atom stereocenters. The second kappa shape index (κ2) is 21.8. The van der Waals surface area contributed by atoms with E-state index < -0.39 is 172 Å². The number of fused-ring (bicyclic) bond motifs is 7. The molecule has 4 heterocycles. The number of hydrogen-bond acceptors (Lipinski definition) is 24. The Balaban J connectivity index is 0.975. The van der Waals surface area contributed by atoms with Gasteiger partial charge in [-0.05, 0) is 109 Å². The zero-order valence-corrected chi connectivity index (χ0v) is 45.4. The summed E-state index contributed by atoms with van der Waals surface area (Å²) in [7, 11) is 0. The van der Waals surface area contributed by atoms with Crippen molar-refractivity contribution >= 4 is 11.9 Å². The molecule has 0 aromatic rings. The van der Waals surface area contributed by atoms with Gasteiger partial charge in [0.05, 0.1) is 37.3 Å². The van der Waals surface area contributed by atoms with Crippen molar-refractivity contribution in [3.8, 4) is 0 Å². The number of carbonyl (C=O) groups excluding carboxylic acids is 2. The molecule has 8 fully saturated rings. The number of carboxylic acids is 1. The third-order valence-corrected chi connectivity index (χ3v) is 21.4. The Labute approximate surface area is 453 Å². The molecule has 4 aliphatic heterocycles. The Kier molecular flexibility index (Phi) is 16.9. The van der Waals surface area contributed by atoms with Crippen LogP contribution < -0.4 is 5.11 Å². The van der Waals surface area contributed by atoms with Gasteiger partial charge in [0.25, 0.3) is 0 Å². The van der Waals surface area contributed by atoms with Crippen LogP contribution in [0.5, 0.6) is 0 Å². The summed E-state index contributed by atoms with van der Waals surface area (Å²) in [5.41, 5.74) is -1.49. The lowest BCUT2D eigenvalue weighted by atomic mass is 9.33. The van der Waals surface area contributed by atoms with Crippen LogP contribution in [0.25, 0.3) is 0 Å². The van der Waals surface area contributed by atoms with Crippen molar-refractivity contribution in [1.82, 2.24) is 0 Å². The predicted octanol–water partition coefficient (Wildman–Crippen LogP) is -3.28. The molecule has 0 aromatic heterocycles. The van der Waals surface area contributed by atoms with Crippen molar-refractivity contribution in [3.05, 3.63) is 11.6 Å². The molecule has 0 radical (unpaired) electrons. The lowest BCUT2D eigenvalue weighted by Crippen LogP contribution is -2.69. The van der Waals surface area contributed by atoms with Gasteiger partial charge in [0.2, 0.25) is 6.29 Å². The van der Waals surface area contributed by atoms with Gasteiger partial charge in [0, 0.05) is 0 Å². The molecule has 0 spiro atoms. The maximum atomic E-state index is 14.8. The first-order chi connectivity index (χ1) is 36.5. The number of carboxylic acid groups (broad SMARTS) is 1. The number of aliphatic hydroxyl groups excluding tert-OH is 13. The number of ether oxygens (including phenoxy) is 8. The Bertz CT molecular complexity index is 2190. The summed E-state index contributed by atoms with van der Waals surface area (Å²) in [6.45, 7) is 13.2. The van der Waals surface area contributed by atoms with E-state index in [-0.39, 0.29) is 39.4 Å².